The first-order chi connectivity index (χ1) is 8.08. The van der Waals surface area contributed by atoms with Gasteiger partial charge in [0.1, 0.15) is 5.82 Å². The molecular weight excluding hydrogens is 216 g/mol. The fourth-order valence-electron chi connectivity index (χ4n) is 1.50. The molecule has 0 aliphatic carbocycles. The second-order valence-electron chi connectivity index (χ2n) is 3.74. The van der Waals surface area contributed by atoms with Gasteiger partial charge in [0, 0.05) is 18.9 Å². The van der Waals surface area contributed by atoms with Crippen molar-refractivity contribution in [3.05, 3.63) is 30.7 Å². The molecule has 0 radical (unpaired) electrons. The van der Waals surface area contributed by atoms with Crippen LogP contribution in [0.15, 0.2) is 30.7 Å². The molecule has 0 aromatic carbocycles. The fraction of sp³-hybridized carbons (Fsp3) is 0.182. The molecule has 0 amide bonds. The summed E-state index contributed by atoms with van der Waals surface area (Å²) in [5, 5.41) is 7.33. The van der Waals surface area contributed by atoms with Gasteiger partial charge in [-0.05, 0) is 13.0 Å². The third-order valence-electron chi connectivity index (χ3n) is 2.22. The molecule has 2 aromatic rings. The lowest BCUT2D eigenvalue weighted by atomic mass is 10.2. The molecule has 0 fully saturated rings. The van der Waals surface area contributed by atoms with Gasteiger partial charge in [-0.15, -0.1) is 0 Å². The van der Waals surface area contributed by atoms with Gasteiger partial charge in [0.15, 0.2) is 0 Å². The van der Waals surface area contributed by atoms with Gasteiger partial charge in [-0.3, -0.25) is 4.68 Å². The number of nitrogens with one attached hydrogen (secondary N) is 1. The number of nitrogens with zero attached hydrogens (tertiary/aromatic N) is 4. The Balaban J connectivity index is 2.48. The molecule has 17 heavy (non-hydrogen) atoms. The monoisotopic (exact) mass is 230 g/mol. The van der Waals surface area contributed by atoms with Crippen molar-refractivity contribution in [1.29, 1.82) is 0 Å². The molecule has 6 nitrogen and oxygen atoms in total. The van der Waals surface area contributed by atoms with Gasteiger partial charge in [-0.1, -0.05) is 6.58 Å². The van der Waals surface area contributed by atoms with Crippen LogP contribution in [0.4, 0.5) is 11.8 Å². The van der Waals surface area contributed by atoms with Crippen molar-refractivity contribution in [1.82, 2.24) is 19.7 Å². The van der Waals surface area contributed by atoms with Crippen LogP contribution in [0.1, 0.15) is 6.92 Å². The summed E-state index contributed by atoms with van der Waals surface area (Å²) in [7, 11) is 1.85. The van der Waals surface area contributed by atoms with Crippen molar-refractivity contribution >= 4 is 11.8 Å². The molecular formula is C11H14N6. The number of rotatable bonds is 3. The predicted octanol–water partition coefficient (Wildman–Crippen LogP) is 1.40. The molecule has 0 saturated heterocycles. The van der Waals surface area contributed by atoms with E-state index in [9.17, 15) is 0 Å². The zero-order valence-electron chi connectivity index (χ0n) is 9.81. The molecule has 2 aromatic heterocycles. The van der Waals surface area contributed by atoms with Gasteiger partial charge in [0.05, 0.1) is 17.5 Å². The summed E-state index contributed by atoms with van der Waals surface area (Å²) < 4.78 is 1.72. The molecule has 2 heterocycles. The van der Waals surface area contributed by atoms with Crippen LogP contribution >= 0.6 is 0 Å². The Morgan fingerprint density at radius 2 is 2.29 bits per heavy atom. The van der Waals surface area contributed by atoms with E-state index in [1.165, 1.54) is 0 Å². The van der Waals surface area contributed by atoms with Crippen LogP contribution in [0.3, 0.4) is 0 Å². The number of nitrogen functional groups attached to an aromatic ring is 1. The lowest BCUT2D eigenvalue weighted by Crippen LogP contribution is -2.03. The highest BCUT2D eigenvalue weighted by molar-refractivity contribution is 5.73. The molecule has 0 saturated carbocycles. The highest BCUT2D eigenvalue weighted by atomic mass is 15.3. The predicted molar refractivity (Wildman–Crippen MR) is 67.1 cm³/mol. The summed E-state index contributed by atoms with van der Waals surface area (Å²) in [4.78, 5) is 8.03. The zero-order valence-corrected chi connectivity index (χ0v) is 9.81. The maximum atomic E-state index is 5.57. The van der Waals surface area contributed by atoms with E-state index in [4.69, 9.17) is 5.73 Å². The van der Waals surface area contributed by atoms with Crippen LogP contribution in [-0.2, 0) is 7.05 Å². The van der Waals surface area contributed by atoms with Gasteiger partial charge >= 0.3 is 0 Å². The van der Waals surface area contributed by atoms with Gasteiger partial charge < -0.3 is 11.1 Å². The summed E-state index contributed by atoms with van der Waals surface area (Å²) >= 11 is 0. The third kappa shape index (κ3) is 2.25. The van der Waals surface area contributed by atoms with E-state index in [1.54, 1.807) is 23.1 Å². The van der Waals surface area contributed by atoms with Crippen LogP contribution in [0, 0.1) is 0 Å². The van der Waals surface area contributed by atoms with Crippen LogP contribution in [0.2, 0.25) is 0 Å². The normalized spacial score (nSPS) is 10.2. The molecule has 88 valence electrons. The number of aromatic nitrogens is 4. The number of hydrogen-bond acceptors (Lipinski definition) is 5. The average Bonchev–Trinajstić information content (AvgIpc) is 2.60. The SMILES string of the molecule is C=C(C)Nc1c(-c2ccnc(N)n2)cnn1C. The van der Waals surface area contributed by atoms with Gasteiger partial charge in [0.2, 0.25) is 5.95 Å². The maximum absolute atomic E-state index is 5.57. The first kappa shape index (κ1) is 11.1. The van der Waals surface area contributed by atoms with E-state index >= 15 is 0 Å². The Morgan fingerprint density at radius 1 is 1.53 bits per heavy atom. The first-order valence-electron chi connectivity index (χ1n) is 5.11. The smallest absolute Gasteiger partial charge is 0.220 e. The second kappa shape index (κ2) is 4.25. The molecule has 0 unspecified atom stereocenters. The number of nitrogens with two attached hydrogens (primary N) is 1. The summed E-state index contributed by atoms with van der Waals surface area (Å²) in [5.74, 6) is 1.07. The second-order valence-corrected chi connectivity index (χ2v) is 3.74. The number of hydrogen-bond donors (Lipinski definition) is 2. The average molecular weight is 230 g/mol. The van der Waals surface area contributed by atoms with Crippen molar-refractivity contribution in [3.8, 4) is 11.3 Å². The van der Waals surface area contributed by atoms with Gasteiger partial charge in [-0.25, -0.2) is 9.97 Å². The molecule has 6 heteroatoms. The Bertz CT molecular complexity index is 557. The molecule has 0 atom stereocenters. The van der Waals surface area contributed by atoms with E-state index in [0.29, 0.717) is 0 Å². The van der Waals surface area contributed by atoms with Crippen molar-refractivity contribution in [2.24, 2.45) is 7.05 Å². The Morgan fingerprint density at radius 3 is 2.94 bits per heavy atom. The Hall–Kier alpha value is -2.37. The van der Waals surface area contributed by atoms with E-state index in [1.807, 2.05) is 14.0 Å². The molecule has 0 bridgehead atoms. The van der Waals surface area contributed by atoms with Crippen molar-refractivity contribution in [3.63, 3.8) is 0 Å². The van der Waals surface area contributed by atoms with Crippen LogP contribution in [0.25, 0.3) is 11.3 Å². The first-order valence-corrected chi connectivity index (χ1v) is 5.11. The lowest BCUT2D eigenvalue weighted by Gasteiger charge is -2.08. The topological polar surface area (TPSA) is 81.7 Å². The summed E-state index contributed by atoms with van der Waals surface area (Å²) in [6, 6.07) is 1.79. The highest BCUT2D eigenvalue weighted by Crippen LogP contribution is 2.26. The molecule has 3 N–H and O–H groups in total. The van der Waals surface area contributed by atoms with Crippen LogP contribution in [-0.4, -0.2) is 19.7 Å². The zero-order chi connectivity index (χ0) is 12.4. The largest absolute Gasteiger partial charge is 0.368 e. The minimum atomic E-state index is 0.243. The summed E-state index contributed by atoms with van der Waals surface area (Å²) in [5.41, 5.74) is 7.99. The van der Waals surface area contributed by atoms with Gasteiger partial charge in [0.25, 0.3) is 0 Å². The van der Waals surface area contributed by atoms with E-state index in [-0.39, 0.29) is 5.95 Å². The third-order valence-corrected chi connectivity index (χ3v) is 2.22. The van der Waals surface area contributed by atoms with E-state index in [2.05, 4.69) is 27.0 Å². The molecule has 0 spiro atoms. The molecule has 0 aliphatic rings. The minimum absolute atomic E-state index is 0.243. The molecule has 2 rings (SSSR count). The number of aryl methyl sites for hydroxylation is 1. The van der Waals surface area contributed by atoms with Crippen LogP contribution < -0.4 is 11.1 Å². The lowest BCUT2D eigenvalue weighted by molar-refractivity contribution is 0.775. The van der Waals surface area contributed by atoms with Crippen molar-refractivity contribution < 1.29 is 0 Å². The summed E-state index contributed by atoms with van der Waals surface area (Å²) in [6.07, 6.45) is 3.35. The summed E-state index contributed by atoms with van der Waals surface area (Å²) in [6.45, 7) is 5.69. The van der Waals surface area contributed by atoms with E-state index in [0.717, 1.165) is 22.8 Å². The molecule has 0 aliphatic heterocycles. The van der Waals surface area contributed by atoms with Gasteiger partial charge in [-0.2, -0.15) is 5.10 Å². The quantitative estimate of drug-likeness (QED) is 0.833. The fourth-order valence-corrected chi connectivity index (χ4v) is 1.50. The number of anilines is 2. The van der Waals surface area contributed by atoms with E-state index < -0.39 is 0 Å². The Kier molecular flexibility index (Phi) is 2.78. The van der Waals surface area contributed by atoms with Crippen LogP contribution in [0.5, 0.6) is 0 Å². The van der Waals surface area contributed by atoms with Crippen molar-refractivity contribution in [2.45, 2.75) is 6.92 Å². The maximum Gasteiger partial charge on any atom is 0.220 e. The minimum Gasteiger partial charge on any atom is -0.368 e. The Labute approximate surface area is 99.2 Å². The standard InChI is InChI=1S/C11H14N6/c1-7(2)15-10-8(6-14-17(10)3)9-4-5-13-11(12)16-9/h4-6,15H,1H2,2-3H3,(H2,12,13,16). The highest BCUT2D eigenvalue weighted by Gasteiger charge is 2.11. The van der Waals surface area contributed by atoms with Crippen molar-refractivity contribution in [2.75, 3.05) is 11.1 Å². The number of allylic oxidation sites excluding steroid dienone is 1.